The highest BCUT2D eigenvalue weighted by atomic mass is 79.9. The third-order valence-electron chi connectivity index (χ3n) is 2.64. The van der Waals surface area contributed by atoms with Gasteiger partial charge in [0.1, 0.15) is 16.5 Å². The number of pyridine rings is 1. The van der Waals surface area contributed by atoms with Gasteiger partial charge in [0.15, 0.2) is 0 Å². The van der Waals surface area contributed by atoms with E-state index in [1.54, 1.807) is 17.0 Å². The van der Waals surface area contributed by atoms with Crippen LogP contribution in [-0.4, -0.2) is 27.5 Å². The molecule has 0 fully saturated rings. The molecule has 0 aliphatic carbocycles. The lowest BCUT2D eigenvalue weighted by Gasteiger charge is -2.13. The summed E-state index contributed by atoms with van der Waals surface area (Å²) in [5.74, 6) is 0.193. The monoisotopic (exact) mass is 373 g/mol. The molecule has 0 unspecified atom stereocenters. The van der Waals surface area contributed by atoms with Gasteiger partial charge < -0.3 is 4.90 Å². The van der Waals surface area contributed by atoms with Crippen LogP contribution >= 0.6 is 15.9 Å². The minimum Gasteiger partial charge on any atom is -0.363 e. The molecule has 0 radical (unpaired) electrons. The number of aromatic nitrogens is 1. The molecule has 5 nitrogen and oxygen atoms in total. The van der Waals surface area contributed by atoms with E-state index in [1.807, 2.05) is 14.1 Å². The summed E-state index contributed by atoms with van der Waals surface area (Å²) in [5.41, 5.74) is 0.330. The van der Waals surface area contributed by atoms with Gasteiger partial charge in [-0.1, -0.05) is 0 Å². The maximum Gasteiger partial charge on any atom is 0.263 e. The van der Waals surface area contributed by atoms with E-state index in [-0.39, 0.29) is 9.37 Å². The predicted octanol–water partition coefficient (Wildman–Crippen LogP) is 2.85. The summed E-state index contributed by atoms with van der Waals surface area (Å²) < 4.78 is 40.1. The highest BCUT2D eigenvalue weighted by Crippen LogP contribution is 2.25. The van der Waals surface area contributed by atoms with Crippen LogP contribution in [0.5, 0.6) is 0 Å². The Balaban J connectivity index is 2.28. The Labute approximate surface area is 131 Å². The highest BCUT2D eigenvalue weighted by Gasteiger charge is 2.18. The molecule has 0 saturated heterocycles. The standard InChI is InChI=1S/C13H13BrFN3O2S/c1-18(2)13-6-4-10(8-16-13)17-21(19,20)12-5-3-9(15)7-11(12)14/h3-8,17H,1-2H3. The van der Waals surface area contributed by atoms with Crippen molar-refractivity contribution in [3.05, 3.63) is 46.8 Å². The summed E-state index contributed by atoms with van der Waals surface area (Å²) in [7, 11) is -0.141. The molecule has 8 heteroatoms. The van der Waals surface area contributed by atoms with E-state index in [2.05, 4.69) is 25.6 Å². The predicted molar refractivity (Wildman–Crippen MR) is 83.5 cm³/mol. The molecule has 21 heavy (non-hydrogen) atoms. The molecule has 0 saturated carbocycles. The van der Waals surface area contributed by atoms with Gasteiger partial charge in [0, 0.05) is 18.6 Å². The second-order valence-corrected chi connectivity index (χ2v) is 6.98. The maximum absolute atomic E-state index is 13.0. The Morgan fingerprint density at radius 1 is 1.24 bits per heavy atom. The van der Waals surface area contributed by atoms with Gasteiger partial charge in [0.2, 0.25) is 0 Å². The lowest BCUT2D eigenvalue weighted by molar-refractivity contribution is 0.599. The first-order valence-corrected chi connectivity index (χ1v) is 8.18. The fourth-order valence-corrected chi connectivity index (χ4v) is 3.71. The van der Waals surface area contributed by atoms with Crippen molar-refractivity contribution in [2.24, 2.45) is 0 Å². The zero-order valence-electron chi connectivity index (χ0n) is 11.3. The minimum atomic E-state index is -3.81. The lowest BCUT2D eigenvalue weighted by atomic mass is 10.3. The molecule has 0 aliphatic rings. The SMILES string of the molecule is CN(C)c1ccc(NS(=O)(=O)c2ccc(F)cc2Br)cn1. The van der Waals surface area contributed by atoms with Crippen LogP contribution in [0.2, 0.25) is 0 Å². The Bertz CT molecular complexity index is 749. The fraction of sp³-hybridized carbons (Fsp3) is 0.154. The summed E-state index contributed by atoms with van der Waals surface area (Å²) in [4.78, 5) is 5.88. The molecular weight excluding hydrogens is 361 g/mol. The molecule has 0 amide bonds. The number of hydrogen-bond donors (Lipinski definition) is 1. The van der Waals surface area contributed by atoms with Crippen molar-refractivity contribution in [2.45, 2.75) is 4.90 Å². The van der Waals surface area contributed by atoms with E-state index in [9.17, 15) is 12.8 Å². The van der Waals surface area contributed by atoms with Crippen molar-refractivity contribution in [2.75, 3.05) is 23.7 Å². The number of anilines is 2. The number of nitrogens with zero attached hydrogens (tertiary/aromatic N) is 2. The molecule has 2 rings (SSSR count). The van der Waals surface area contributed by atoms with Crippen LogP contribution in [0.3, 0.4) is 0 Å². The van der Waals surface area contributed by atoms with Crippen LogP contribution in [-0.2, 0) is 10.0 Å². The second kappa shape index (κ2) is 5.98. The molecule has 1 N–H and O–H groups in total. The zero-order chi connectivity index (χ0) is 15.6. The van der Waals surface area contributed by atoms with Crippen LogP contribution in [0.1, 0.15) is 0 Å². The Hall–Kier alpha value is -1.67. The molecule has 112 valence electrons. The van der Waals surface area contributed by atoms with Crippen molar-refractivity contribution in [1.82, 2.24) is 4.98 Å². The van der Waals surface area contributed by atoms with Crippen LogP contribution in [0, 0.1) is 5.82 Å². The van der Waals surface area contributed by atoms with E-state index in [0.29, 0.717) is 11.5 Å². The maximum atomic E-state index is 13.0. The molecule has 1 aromatic carbocycles. The first kappa shape index (κ1) is 15.7. The first-order valence-electron chi connectivity index (χ1n) is 5.91. The summed E-state index contributed by atoms with van der Waals surface area (Å²) >= 11 is 3.05. The van der Waals surface area contributed by atoms with Crippen LogP contribution in [0.15, 0.2) is 45.9 Å². The molecule has 1 heterocycles. The quantitative estimate of drug-likeness (QED) is 0.894. The Morgan fingerprint density at radius 2 is 1.95 bits per heavy atom. The van der Waals surface area contributed by atoms with E-state index < -0.39 is 15.8 Å². The number of benzene rings is 1. The van der Waals surface area contributed by atoms with Crippen molar-refractivity contribution >= 4 is 37.5 Å². The molecule has 0 atom stereocenters. The van der Waals surface area contributed by atoms with Crippen LogP contribution in [0.25, 0.3) is 0 Å². The molecule has 2 aromatic rings. The molecular formula is C13H13BrFN3O2S. The van der Waals surface area contributed by atoms with Crippen molar-refractivity contribution in [3.63, 3.8) is 0 Å². The van der Waals surface area contributed by atoms with Crippen molar-refractivity contribution < 1.29 is 12.8 Å². The highest BCUT2D eigenvalue weighted by molar-refractivity contribution is 9.10. The van der Waals surface area contributed by atoms with Gasteiger partial charge in [0.05, 0.1) is 11.9 Å². The van der Waals surface area contributed by atoms with Gasteiger partial charge in [-0.05, 0) is 46.3 Å². The van der Waals surface area contributed by atoms with E-state index in [0.717, 1.165) is 12.1 Å². The number of hydrogen-bond acceptors (Lipinski definition) is 4. The molecule has 1 aromatic heterocycles. The van der Waals surface area contributed by atoms with Gasteiger partial charge >= 0.3 is 0 Å². The third-order valence-corrected chi connectivity index (χ3v) is 5.00. The third kappa shape index (κ3) is 3.70. The minimum absolute atomic E-state index is 0.0411. The topological polar surface area (TPSA) is 62.3 Å². The summed E-state index contributed by atoms with van der Waals surface area (Å²) in [5, 5.41) is 0. The van der Waals surface area contributed by atoms with Crippen molar-refractivity contribution in [1.29, 1.82) is 0 Å². The Morgan fingerprint density at radius 3 is 2.48 bits per heavy atom. The number of rotatable bonds is 4. The summed E-state index contributed by atoms with van der Waals surface area (Å²) in [6.07, 6.45) is 1.42. The zero-order valence-corrected chi connectivity index (χ0v) is 13.7. The molecule has 0 bridgehead atoms. The van der Waals surface area contributed by atoms with E-state index in [1.165, 1.54) is 12.3 Å². The van der Waals surface area contributed by atoms with Crippen LogP contribution in [0.4, 0.5) is 15.9 Å². The van der Waals surface area contributed by atoms with Gasteiger partial charge in [-0.2, -0.15) is 0 Å². The average Bonchev–Trinajstić information content (AvgIpc) is 2.38. The number of nitrogens with one attached hydrogen (secondary N) is 1. The van der Waals surface area contributed by atoms with E-state index in [4.69, 9.17) is 0 Å². The first-order chi connectivity index (χ1) is 9.79. The largest absolute Gasteiger partial charge is 0.363 e. The van der Waals surface area contributed by atoms with E-state index >= 15 is 0 Å². The lowest BCUT2D eigenvalue weighted by Crippen LogP contribution is -2.15. The average molecular weight is 374 g/mol. The smallest absolute Gasteiger partial charge is 0.263 e. The normalized spacial score (nSPS) is 11.2. The number of halogens is 2. The van der Waals surface area contributed by atoms with Gasteiger partial charge in [0.25, 0.3) is 10.0 Å². The molecule has 0 aliphatic heterocycles. The number of sulfonamides is 1. The second-order valence-electron chi connectivity index (χ2n) is 4.48. The van der Waals surface area contributed by atoms with Crippen molar-refractivity contribution in [3.8, 4) is 0 Å². The van der Waals surface area contributed by atoms with Gasteiger partial charge in [-0.3, -0.25) is 4.72 Å². The van der Waals surface area contributed by atoms with Crippen LogP contribution < -0.4 is 9.62 Å². The van der Waals surface area contributed by atoms with Gasteiger partial charge in [-0.25, -0.2) is 17.8 Å². The molecule has 0 spiro atoms. The summed E-state index contributed by atoms with van der Waals surface area (Å²) in [6, 6.07) is 6.69. The Kier molecular flexibility index (Phi) is 4.48. The fourth-order valence-electron chi connectivity index (χ4n) is 1.61. The van der Waals surface area contributed by atoms with Gasteiger partial charge in [-0.15, -0.1) is 0 Å². The summed E-state index contributed by atoms with van der Waals surface area (Å²) in [6.45, 7) is 0.